The molecule has 0 rings (SSSR count). The molecular weight excluding hydrogens is 253 g/mol. The van der Waals surface area contributed by atoms with Crippen LogP contribution in [0.2, 0.25) is 0 Å². The molecule has 0 fully saturated rings. The van der Waals surface area contributed by atoms with Crippen LogP contribution in [0.1, 0.15) is 20.3 Å². The highest BCUT2D eigenvalue weighted by Gasteiger charge is 2.28. The van der Waals surface area contributed by atoms with Crippen LogP contribution in [-0.2, 0) is 9.59 Å². The Bertz CT molecular complexity index is 295. The van der Waals surface area contributed by atoms with Gasteiger partial charge in [-0.25, -0.2) is 0 Å². The quantitative estimate of drug-likeness (QED) is 0.719. The molecular formula is C10H17F3N2O3. The maximum absolute atomic E-state index is 11.9. The zero-order valence-corrected chi connectivity index (χ0v) is 10.3. The van der Waals surface area contributed by atoms with Crippen LogP contribution in [-0.4, -0.2) is 53.7 Å². The van der Waals surface area contributed by atoms with E-state index in [4.69, 9.17) is 5.11 Å². The van der Waals surface area contributed by atoms with Crippen LogP contribution in [0, 0.1) is 0 Å². The Labute approximate surface area is 103 Å². The molecule has 1 atom stereocenters. The molecule has 5 nitrogen and oxygen atoms in total. The number of hydrogen-bond acceptors (Lipinski definition) is 3. The summed E-state index contributed by atoms with van der Waals surface area (Å²) in [6, 6.07) is -0.197. The summed E-state index contributed by atoms with van der Waals surface area (Å²) < 4.78 is 35.6. The highest BCUT2D eigenvalue weighted by molar-refractivity contribution is 5.79. The molecule has 2 N–H and O–H groups in total. The fourth-order valence-corrected chi connectivity index (χ4v) is 1.24. The SMILES string of the molecule is CCC(C)N(CC(=O)O)CC(=O)NCC(F)(F)F. The summed E-state index contributed by atoms with van der Waals surface area (Å²) in [4.78, 5) is 23.1. The third-order valence-corrected chi connectivity index (χ3v) is 2.39. The summed E-state index contributed by atoms with van der Waals surface area (Å²) in [6.07, 6.45) is -3.87. The highest BCUT2D eigenvalue weighted by atomic mass is 19.4. The van der Waals surface area contributed by atoms with Gasteiger partial charge in [0.05, 0.1) is 13.1 Å². The molecule has 0 aliphatic rings. The fraction of sp³-hybridized carbons (Fsp3) is 0.800. The number of carboxylic acids is 1. The van der Waals surface area contributed by atoms with Gasteiger partial charge in [-0.05, 0) is 13.3 Å². The van der Waals surface area contributed by atoms with E-state index in [1.54, 1.807) is 19.2 Å². The van der Waals surface area contributed by atoms with Gasteiger partial charge in [0, 0.05) is 6.04 Å². The van der Waals surface area contributed by atoms with E-state index in [1.807, 2.05) is 0 Å². The lowest BCUT2D eigenvalue weighted by molar-refractivity contribution is -0.142. The number of halogens is 3. The Morgan fingerprint density at radius 1 is 1.33 bits per heavy atom. The average molecular weight is 270 g/mol. The number of aliphatic carboxylic acids is 1. The van der Waals surface area contributed by atoms with Gasteiger partial charge in [-0.3, -0.25) is 14.5 Å². The van der Waals surface area contributed by atoms with Crippen molar-refractivity contribution in [2.24, 2.45) is 0 Å². The van der Waals surface area contributed by atoms with Crippen LogP contribution in [0.4, 0.5) is 13.2 Å². The number of hydrogen-bond donors (Lipinski definition) is 2. The van der Waals surface area contributed by atoms with E-state index in [0.29, 0.717) is 6.42 Å². The Morgan fingerprint density at radius 2 is 1.89 bits per heavy atom. The van der Waals surface area contributed by atoms with Crippen LogP contribution in [0.3, 0.4) is 0 Å². The number of carbonyl (C=O) groups excluding carboxylic acids is 1. The minimum Gasteiger partial charge on any atom is -0.480 e. The lowest BCUT2D eigenvalue weighted by atomic mass is 10.2. The Morgan fingerprint density at radius 3 is 2.28 bits per heavy atom. The van der Waals surface area contributed by atoms with Crippen molar-refractivity contribution >= 4 is 11.9 Å². The number of carboxylic acid groups (broad SMARTS) is 1. The molecule has 0 bridgehead atoms. The average Bonchev–Trinajstić information content (AvgIpc) is 2.22. The van der Waals surface area contributed by atoms with E-state index < -0.39 is 24.6 Å². The molecule has 0 aliphatic carbocycles. The molecule has 0 radical (unpaired) electrons. The van der Waals surface area contributed by atoms with E-state index in [9.17, 15) is 22.8 Å². The van der Waals surface area contributed by atoms with Crippen molar-refractivity contribution in [2.45, 2.75) is 32.5 Å². The topological polar surface area (TPSA) is 69.6 Å². The van der Waals surface area contributed by atoms with Crippen LogP contribution >= 0.6 is 0 Å². The molecule has 0 saturated carbocycles. The molecule has 0 aromatic rings. The summed E-state index contributed by atoms with van der Waals surface area (Å²) in [5, 5.41) is 10.4. The Balaban J connectivity index is 4.31. The molecule has 0 heterocycles. The number of amides is 1. The molecule has 0 aromatic heterocycles. The smallest absolute Gasteiger partial charge is 0.405 e. The normalized spacial score (nSPS) is 13.4. The molecule has 8 heteroatoms. The number of nitrogens with zero attached hydrogens (tertiary/aromatic N) is 1. The van der Waals surface area contributed by atoms with Gasteiger partial charge in [-0.15, -0.1) is 0 Å². The first-order valence-electron chi connectivity index (χ1n) is 5.45. The van der Waals surface area contributed by atoms with Crippen molar-refractivity contribution in [3.8, 4) is 0 Å². The first-order valence-corrected chi connectivity index (χ1v) is 5.45. The second-order valence-corrected chi connectivity index (χ2v) is 3.95. The maximum atomic E-state index is 11.9. The Hall–Kier alpha value is -1.31. The molecule has 0 saturated heterocycles. The zero-order valence-electron chi connectivity index (χ0n) is 10.3. The lowest BCUT2D eigenvalue weighted by Gasteiger charge is -2.25. The van der Waals surface area contributed by atoms with Crippen molar-refractivity contribution in [1.82, 2.24) is 10.2 Å². The minimum atomic E-state index is -4.47. The van der Waals surface area contributed by atoms with E-state index in [1.165, 1.54) is 4.90 Å². The molecule has 0 aliphatic heterocycles. The summed E-state index contributed by atoms with van der Waals surface area (Å²) in [7, 11) is 0. The lowest BCUT2D eigenvalue weighted by Crippen LogP contribution is -2.45. The first kappa shape index (κ1) is 16.7. The number of alkyl halides is 3. The standard InChI is InChI=1S/C10H17F3N2O3/c1-3-7(2)15(5-9(17)18)4-8(16)14-6-10(11,12)13/h7H,3-6H2,1-2H3,(H,14,16)(H,17,18). The minimum absolute atomic E-state index is 0.197. The van der Waals surface area contributed by atoms with E-state index in [-0.39, 0.29) is 19.1 Å². The van der Waals surface area contributed by atoms with Gasteiger partial charge < -0.3 is 10.4 Å². The second kappa shape index (κ2) is 7.20. The Kier molecular flexibility index (Phi) is 6.67. The van der Waals surface area contributed by atoms with Crippen molar-refractivity contribution < 1.29 is 27.9 Å². The number of nitrogens with one attached hydrogen (secondary N) is 1. The van der Waals surface area contributed by atoms with E-state index in [0.717, 1.165) is 0 Å². The third-order valence-electron chi connectivity index (χ3n) is 2.39. The number of rotatable bonds is 7. The van der Waals surface area contributed by atoms with Crippen molar-refractivity contribution in [1.29, 1.82) is 0 Å². The predicted octanol–water partition coefficient (Wildman–Crippen LogP) is 0.850. The summed E-state index contributed by atoms with van der Waals surface area (Å²) in [6.45, 7) is 1.35. The van der Waals surface area contributed by atoms with Crippen LogP contribution in [0.5, 0.6) is 0 Å². The van der Waals surface area contributed by atoms with Gasteiger partial charge in [-0.2, -0.15) is 13.2 Å². The fourth-order valence-electron chi connectivity index (χ4n) is 1.24. The monoisotopic (exact) mass is 270 g/mol. The summed E-state index contributed by atoms with van der Waals surface area (Å²) in [5.41, 5.74) is 0. The van der Waals surface area contributed by atoms with Crippen LogP contribution < -0.4 is 5.32 Å². The first-order chi connectivity index (χ1) is 8.15. The van der Waals surface area contributed by atoms with Crippen molar-refractivity contribution in [3.63, 3.8) is 0 Å². The third kappa shape index (κ3) is 7.88. The van der Waals surface area contributed by atoms with Gasteiger partial charge in [0.2, 0.25) is 5.91 Å². The summed E-state index contributed by atoms with van der Waals surface area (Å²) >= 11 is 0. The predicted molar refractivity (Wildman–Crippen MR) is 58.0 cm³/mol. The van der Waals surface area contributed by atoms with Crippen molar-refractivity contribution in [3.05, 3.63) is 0 Å². The zero-order chi connectivity index (χ0) is 14.3. The van der Waals surface area contributed by atoms with Crippen molar-refractivity contribution in [2.75, 3.05) is 19.6 Å². The van der Waals surface area contributed by atoms with Gasteiger partial charge in [-0.1, -0.05) is 6.92 Å². The molecule has 1 unspecified atom stereocenters. The molecule has 106 valence electrons. The largest absolute Gasteiger partial charge is 0.480 e. The highest BCUT2D eigenvalue weighted by Crippen LogP contribution is 2.12. The van der Waals surface area contributed by atoms with E-state index in [2.05, 4.69) is 0 Å². The van der Waals surface area contributed by atoms with Gasteiger partial charge in [0.1, 0.15) is 6.54 Å². The summed E-state index contributed by atoms with van der Waals surface area (Å²) in [5.74, 6) is -1.97. The molecule has 1 amide bonds. The van der Waals surface area contributed by atoms with Crippen LogP contribution in [0.25, 0.3) is 0 Å². The van der Waals surface area contributed by atoms with Gasteiger partial charge in [0.25, 0.3) is 0 Å². The van der Waals surface area contributed by atoms with Crippen LogP contribution in [0.15, 0.2) is 0 Å². The van der Waals surface area contributed by atoms with Gasteiger partial charge >= 0.3 is 12.1 Å². The van der Waals surface area contributed by atoms with E-state index >= 15 is 0 Å². The number of carbonyl (C=O) groups is 2. The molecule has 0 aromatic carbocycles. The second-order valence-electron chi connectivity index (χ2n) is 3.95. The molecule has 0 spiro atoms. The van der Waals surface area contributed by atoms with Gasteiger partial charge in [0.15, 0.2) is 0 Å². The molecule has 18 heavy (non-hydrogen) atoms. The maximum Gasteiger partial charge on any atom is 0.405 e.